The van der Waals surface area contributed by atoms with Gasteiger partial charge in [0.15, 0.2) is 0 Å². The molecular weight excluding hydrogens is 476 g/mol. The van der Waals surface area contributed by atoms with Crippen molar-refractivity contribution in [2.75, 3.05) is 6.61 Å². The number of esters is 1. The zero-order valence-corrected chi connectivity index (χ0v) is 24.0. The number of carbonyl (C=O) groups is 1. The molecule has 38 heavy (non-hydrogen) atoms. The Morgan fingerprint density at radius 2 is 1.82 bits per heavy atom. The molecule has 0 spiro atoms. The van der Waals surface area contributed by atoms with Gasteiger partial charge in [-0.05, 0) is 110 Å². The van der Waals surface area contributed by atoms with Crippen LogP contribution in [-0.4, -0.2) is 41.1 Å². The van der Waals surface area contributed by atoms with Crippen LogP contribution in [0.25, 0.3) is 0 Å². The van der Waals surface area contributed by atoms with E-state index in [-0.39, 0.29) is 41.0 Å². The Labute approximate surface area is 229 Å². The number of carbonyl (C=O) groups excluding carboxylic acids is 1. The smallest absolute Gasteiger partial charge is 0.305 e. The summed E-state index contributed by atoms with van der Waals surface area (Å²) in [6.07, 6.45) is 7.80. The summed E-state index contributed by atoms with van der Waals surface area (Å²) in [5.41, 5.74) is 1.16. The second-order valence-corrected chi connectivity index (χ2v) is 13.6. The van der Waals surface area contributed by atoms with Crippen molar-refractivity contribution >= 4 is 5.97 Å². The van der Waals surface area contributed by atoms with Gasteiger partial charge in [0.1, 0.15) is 0 Å². The molecule has 0 radical (unpaired) electrons. The Morgan fingerprint density at radius 1 is 1.05 bits per heavy atom. The number of hydrogen-bond donors (Lipinski definition) is 2. The van der Waals surface area contributed by atoms with E-state index in [2.05, 4.69) is 45.0 Å². The largest absolute Gasteiger partial charge is 0.466 e. The molecule has 0 aliphatic heterocycles. The summed E-state index contributed by atoms with van der Waals surface area (Å²) < 4.78 is 11.5. The highest BCUT2D eigenvalue weighted by molar-refractivity contribution is 5.69. The topological polar surface area (TPSA) is 76.0 Å². The number of hydrogen-bond acceptors (Lipinski definition) is 5. The van der Waals surface area contributed by atoms with Gasteiger partial charge in [0.2, 0.25) is 0 Å². The molecule has 5 rings (SSSR count). The number of ether oxygens (including phenoxy) is 2. The Bertz CT molecular complexity index is 950. The molecule has 0 saturated heterocycles. The van der Waals surface area contributed by atoms with E-state index in [1.807, 2.05) is 13.0 Å². The summed E-state index contributed by atoms with van der Waals surface area (Å²) in [5.74, 6) is 1.99. The maximum Gasteiger partial charge on any atom is 0.305 e. The first-order chi connectivity index (χ1) is 18.2. The van der Waals surface area contributed by atoms with E-state index in [9.17, 15) is 15.0 Å². The van der Waals surface area contributed by atoms with E-state index in [1.54, 1.807) is 0 Å². The van der Waals surface area contributed by atoms with Gasteiger partial charge in [-0.2, -0.15) is 0 Å². The molecular formula is C33H50O5. The fourth-order valence-corrected chi connectivity index (χ4v) is 9.83. The molecule has 5 heteroatoms. The Balaban J connectivity index is 1.27. The van der Waals surface area contributed by atoms with E-state index >= 15 is 0 Å². The van der Waals surface area contributed by atoms with Crippen molar-refractivity contribution in [1.82, 2.24) is 0 Å². The second-order valence-electron chi connectivity index (χ2n) is 13.6. The van der Waals surface area contributed by atoms with Crippen LogP contribution < -0.4 is 0 Å². The van der Waals surface area contributed by atoms with Gasteiger partial charge in [-0.3, -0.25) is 4.79 Å². The summed E-state index contributed by atoms with van der Waals surface area (Å²) in [4.78, 5) is 12.0. The Morgan fingerprint density at radius 3 is 2.55 bits per heavy atom. The van der Waals surface area contributed by atoms with Crippen molar-refractivity contribution in [3.05, 3.63) is 35.9 Å². The lowest BCUT2D eigenvalue weighted by Gasteiger charge is -2.63. The van der Waals surface area contributed by atoms with Crippen molar-refractivity contribution in [3.63, 3.8) is 0 Å². The first kappa shape index (κ1) is 28.1. The van der Waals surface area contributed by atoms with Crippen molar-refractivity contribution in [3.8, 4) is 0 Å². The van der Waals surface area contributed by atoms with E-state index in [1.165, 1.54) is 5.56 Å². The van der Waals surface area contributed by atoms with Crippen LogP contribution in [0.5, 0.6) is 0 Å². The molecule has 5 nitrogen and oxygen atoms in total. The van der Waals surface area contributed by atoms with E-state index in [0.717, 1.165) is 51.4 Å². The molecule has 4 saturated carbocycles. The molecule has 0 heterocycles. The van der Waals surface area contributed by atoms with Crippen LogP contribution in [0.2, 0.25) is 0 Å². The van der Waals surface area contributed by atoms with Crippen LogP contribution in [0.3, 0.4) is 0 Å². The number of fused-ring (bicyclic) bond motifs is 5. The van der Waals surface area contributed by atoms with Crippen molar-refractivity contribution in [2.45, 2.75) is 110 Å². The molecule has 0 bridgehead atoms. The fraction of sp³-hybridized carbons (Fsp3) is 0.788. The molecule has 0 unspecified atom stereocenters. The zero-order valence-electron chi connectivity index (χ0n) is 24.0. The number of aliphatic hydroxyl groups is 2. The third-order valence-electron chi connectivity index (χ3n) is 11.9. The SMILES string of the molecule is CCOC(=O)CC[C@@H](C)[C@H]1CC[C@H]2[C@@H]3[C@H](O)C[C@@H]4C[C@H](OCc5ccccc5)CC[C@]4(C)[C@H]3C[C@H](O)[C@]12C. The minimum Gasteiger partial charge on any atom is -0.466 e. The quantitative estimate of drug-likeness (QED) is 0.397. The summed E-state index contributed by atoms with van der Waals surface area (Å²) >= 11 is 0. The highest BCUT2D eigenvalue weighted by atomic mass is 16.5. The summed E-state index contributed by atoms with van der Waals surface area (Å²) in [6.45, 7) is 9.93. The summed E-state index contributed by atoms with van der Waals surface area (Å²) in [7, 11) is 0. The maximum absolute atomic E-state index is 12.0. The van der Waals surface area contributed by atoms with Crippen LogP contribution in [-0.2, 0) is 20.9 Å². The van der Waals surface area contributed by atoms with E-state index in [0.29, 0.717) is 49.2 Å². The third kappa shape index (κ3) is 4.97. The lowest BCUT2D eigenvalue weighted by atomic mass is 9.43. The number of rotatable bonds is 8. The molecule has 1 aromatic rings. The molecule has 2 N–H and O–H groups in total. The van der Waals surface area contributed by atoms with Gasteiger partial charge in [0.05, 0.1) is 31.5 Å². The standard InChI is InChI=1S/C33H50O5/c1-5-37-30(36)14-11-21(2)25-12-13-26-31-27(19-29(35)33(25,26)4)32(3)16-15-24(17-23(32)18-28(31)34)38-20-22-9-7-6-8-10-22/h6-10,21,23-29,31,34-35H,5,11-20H2,1-4H3/t21-,23+,24-,25-,26+,27+,28-,29+,31+,32+,33-/m1/s1. The minimum absolute atomic E-state index is 0.117. The average Bonchev–Trinajstić information content (AvgIpc) is 3.26. The van der Waals surface area contributed by atoms with Gasteiger partial charge in [-0.1, -0.05) is 51.1 Å². The Hall–Kier alpha value is -1.43. The monoisotopic (exact) mass is 526 g/mol. The van der Waals surface area contributed by atoms with Gasteiger partial charge in [-0.15, -0.1) is 0 Å². The van der Waals surface area contributed by atoms with Crippen LogP contribution >= 0.6 is 0 Å². The molecule has 1 aromatic carbocycles. The van der Waals surface area contributed by atoms with Gasteiger partial charge < -0.3 is 19.7 Å². The van der Waals surface area contributed by atoms with Gasteiger partial charge in [0, 0.05) is 6.42 Å². The molecule has 4 fully saturated rings. The third-order valence-corrected chi connectivity index (χ3v) is 11.9. The predicted octanol–water partition coefficient (Wildman–Crippen LogP) is 6.15. The molecule has 0 amide bonds. The summed E-state index contributed by atoms with van der Waals surface area (Å²) in [5, 5.41) is 23.5. The van der Waals surface area contributed by atoms with E-state index < -0.39 is 0 Å². The van der Waals surface area contributed by atoms with Gasteiger partial charge in [0.25, 0.3) is 0 Å². The van der Waals surface area contributed by atoms with Crippen molar-refractivity contribution in [1.29, 1.82) is 0 Å². The van der Waals surface area contributed by atoms with Crippen LogP contribution in [0.4, 0.5) is 0 Å². The van der Waals surface area contributed by atoms with Crippen molar-refractivity contribution in [2.24, 2.45) is 46.3 Å². The number of benzene rings is 1. The van der Waals surface area contributed by atoms with Crippen molar-refractivity contribution < 1.29 is 24.5 Å². The van der Waals surface area contributed by atoms with Crippen LogP contribution in [0, 0.1) is 46.3 Å². The molecule has 0 aromatic heterocycles. The highest BCUT2D eigenvalue weighted by Gasteiger charge is 2.65. The fourth-order valence-electron chi connectivity index (χ4n) is 9.83. The van der Waals surface area contributed by atoms with Crippen LogP contribution in [0.1, 0.15) is 91.0 Å². The molecule has 4 aliphatic carbocycles. The second kappa shape index (κ2) is 11.2. The molecule has 212 valence electrons. The molecule has 4 aliphatic rings. The van der Waals surface area contributed by atoms with E-state index in [4.69, 9.17) is 9.47 Å². The van der Waals surface area contributed by atoms with Crippen LogP contribution in [0.15, 0.2) is 30.3 Å². The summed E-state index contributed by atoms with van der Waals surface area (Å²) in [6, 6.07) is 10.4. The highest BCUT2D eigenvalue weighted by Crippen LogP contribution is 2.68. The Kier molecular flexibility index (Phi) is 8.30. The average molecular weight is 527 g/mol. The lowest BCUT2D eigenvalue weighted by Crippen LogP contribution is -2.62. The lowest BCUT2D eigenvalue weighted by molar-refractivity contribution is -0.209. The first-order valence-electron chi connectivity index (χ1n) is 15.4. The number of aliphatic hydroxyl groups excluding tert-OH is 2. The maximum atomic E-state index is 12.0. The van der Waals surface area contributed by atoms with Gasteiger partial charge in [-0.25, -0.2) is 0 Å². The van der Waals surface area contributed by atoms with Gasteiger partial charge >= 0.3 is 5.97 Å². The first-order valence-corrected chi connectivity index (χ1v) is 15.4. The minimum atomic E-state index is -0.360. The predicted molar refractivity (Wildman–Crippen MR) is 148 cm³/mol. The normalized spacial score (nSPS) is 43.0. The molecule has 11 atom stereocenters. The zero-order chi connectivity index (χ0) is 27.1.